The second-order valence-electron chi connectivity index (χ2n) is 4.48. The van der Waals surface area contributed by atoms with Gasteiger partial charge in [0.05, 0.1) is 5.69 Å². The van der Waals surface area contributed by atoms with Crippen LogP contribution < -0.4 is 10.1 Å². The predicted octanol–water partition coefficient (Wildman–Crippen LogP) is 3.08. The van der Waals surface area contributed by atoms with Crippen LogP contribution >= 0.6 is 0 Å². The largest absolute Gasteiger partial charge is 0.487 e. The van der Waals surface area contributed by atoms with E-state index in [1.807, 2.05) is 31.2 Å². The van der Waals surface area contributed by atoms with Gasteiger partial charge in [0.1, 0.15) is 12.4 Å². The minimum atomic E-state index is 0.511. The molecule has 0 fully saturated rings. The highest BCUT2D eigenvalue weighted by atomic mass is 16.5. The van der Waals surface area contributed by atoms with Crippen LogP contribution in [-0.4, -0.2) is 11.5 Å². The molecule has 2 aromatic rings. The molecule has 0 saturated carbocycles. The van der Waals surface area contributed by atoms with Gasteiger partial charge >= 0.3 is 0 Å². The molecule has 0 amide bonds. The first-order valence-corrected chi connectivity index (χ1v) is 6.62. The van der Waals surface area contributed by atoms with Gasteiger partial charge in [-0.25, -0.2) is 0 Å². The Labute approximate surface area is 114 Å². The summed E-state index contributed by atoms with van der Waals surface area (Å²) in [6, 6.07) is 12.2. The molecule has 0 saturated heterocycles. The highest BCUT2D eigenvalue weighted by Crippen LogP contribution is 2.15. The number of nitrogens with zero attached hydrogens (tertiary/aromatic N) is 1. The molecule has 1 N–H and O–H groups in total. The third-order valence-electron chi connectivity index (χ3n) is 2.97. The number of ether oxygens (including phenoxy) is 1. The first-order valence-electron chi connectivity index (χ1n) is 6.62. The minimum Gasteiger partial charge on any atom is -0.487 e. The SMILES string of the molecule is CCNCc1cccc(OCc2ncccc2C)c1. The van der Waals surface area contributed by atoms with Crippen molar-refractivity contribution in [2.24, 2.45) is 0 Å². The lowest BCUT2D eigenvalue weighted by atomic mass is 10.2. The Balaban J connectivity index is 1.98. The Morgan fingerprint density at radius 2 is 2.11 bits per heavy atom. The molecule has 0 spiro atoms. The molecule has 0 bridgehead atoms. The van der Waals surface area contributed by atoms with E-state index in [1.54, 1.807) is 6.20 Å². The minimum absolute atomic E-state index is 0.511. The molecule has 3 heteroatoms. The molecule has 1 aromatic carbocycles. The monoisotopic (exact) mass is 256 g/mol. The van der Waals surface area contributed by atoms with E-state index >= 15 is 0 Å². The number of pyridine rings is 1. The van der Waals surface area contributed by atoms with Crippen molar-refractivity contribution in [3.8, 4) is 5.75 Å². The van der Waals surface area contributed by atoms with Crippen molar-refractivity contribution in [3.05, 3.63) is 59.4 Å². The number of hydrogen-bond acceptors (Lipinski definition) is 3. The first kappa shape index (κ1) is 13.6. The Morgan fingerprint density at radius 3 is 2.89 bits per heavy atom. The van der Waals surface area contributed by atoms with Crippen molar-refractivity contribution in [3.63, 3.8) is 0 Å². The second-order valence-corrected chi connectivity index (χ2v) is 4.48. The fourth-order valence-corrected chi connectivity index (χ4v) is 1.84. The molecular formula is C16H20N2O. The summed E-state index contributed by atoms with van der Waals surface area (Å²) in [4.78, 5) is 4.33. The van der Waals surface area contributed by atoms with Crippen molar-refractivity contribution in [1.29, 1.82) is 0 Å². The van der Waals surface area contributed by atoms with E-state index in [-0.39, 0.29) is 0 Å². The summed E-state index contributed by atoms with van der Waals surface area (Å²) in [5, 5.41) is 3.31. The second kappa shape index (κ2) is 6.90. The van der Waals surface area contributed by atoms with Crippen LogP contribution in [0.1, 0.15) is 23.7 Å². The van der Waals surface area contributed by atoms with Gasteiger partial charge in [-0.15, -0.1) is 0 Å². The Bertz CT molecular complexity index is 526. The smallest absolute Gasteiger partial charge is 0.130 e. The lowest BCUT2D eigenvalue weighted by Crippen LogP contribution is -2.11. The summed E-state index contributed by atoms with van der Waals surface area (Å²) in [6.45, 7) is 6.50. The van der Waals surface area contributed by atoms with Crippen LogP contribution in [0, 0.1) is 6.92 Å². The predicted molar refractivity (Wildman–Crippen MR) is 77.1 cm³/mol. The van der Waals surface area contributed by atoms with Gasteiger partial charge in [-0.3, -0.25) is 4.98 Å². The lowest BCUT2D eigenvalue weighted by Gasteiger charge is -2.09. The van der Waals surface area contributed by atoms with E-state index in [0.717, 1.165) is 30.1 Å². The maximum absolute atomic E-state index is 5.80. The molecule has 0 aliphatic heterocycles. The molecule has 19 heavy (non-hydrogen) atoms. The van der Waals surface area contributed by atoms with Gasteiger partial charge in [-0.2, -0.15) is 0 Å². The van der Waals surface area contributed by atoms with Crippen molar-refractivity contribution in [1.82, 2.24) is 10.3 Å². The summed E-state index contributed by atoms with van der Waals surface area (Å²) in [7, 11) is 0. The molecule has 0 unspecified atom stereocenters. The van der Waals surface area contributed by atoms with E-state index in [9.17, 15) is 0 Å². The van der Waals surface area contributed by atoms with Gasteiger partial charge in [-0.05, 0) is 42.8 Å². The summed E-state index contributed by atoms with van der Waals surface area (Å²) in [5.74, 6) is 0.889. The van der Waals surface area contributed by atoms with E-state index in [4.69, 9.17) is 4.74 Å². The number of aromatic nitrogens is 1. The molecule has 1 heterocycles. The third kappa shape index (κ3) is 4.07. The molecule has 0 radical (unpaired) electrons. The fourth-order valence-electron chi connectivity index (χ4n) is 1.84. The molecule has 0 aliphatic rings. The van der Waals surface area contributed by atoms with Crippen LogP contribution in [0.2, 0.25) is 0 Å². The van der Waals surface area contributed by atoms with E-state index in [1.165, 1.54) is 5.56 Å². The van der Waals surface area contributed by atoms with Gasteiger partial charge in [0.2, 0.25) is 0 Å². The van der Waals surface area contributed by atoms with Gasteiger partial charge in [0, 0.05) is 12.7 Å². The topological polar surface area (TPSA) is 34.1 Å². The molecular weight excluding hydrogens is 236 g/mol. The number of benzene rings is 1. The van der Waals surface area contributed by atoms with Gasteiger partial charge in [-0.1, -0.05) is 25.1 Å². The Kier molecular flexibility index (Phi) is 4.93. The number of nitrogens with one attached hydrogen (secondary N) is 1. The zero-order valence-corrected chi connectivity index (χ0v) is 11.5. The van der Waals surface area contributed by atoms with E-state index in [2.05, 4.69) is 29.4 Å². The Morgan fingerprint density at radius 1 is 1.21 bits per heavy atom. The van der Waals surface area contributed by atoms with Crippen LogP contribution in [0.25, 0.3) is 0 Å². The van der Waals surface area contributed by atoms with E-state index < -0.39 is 0 Å². The maximum Gasteiger partial charge on any atom is 0.130 e. The zero-order chi connectivity index (χ0) is 13.5. The number of rotatable bonds is 6. The quantitative estimate of drug-likeness (QED) is 0.862. The molecule has 1 aromatic heterocycles. The average molecular weight is 256 g/mol. The van der Waals surface area contributed by atoms with Crippen molar-refractivity contribution >= 4 is 0 Å². The van der Waals surface area contributed by atoms with Crippen molar-refractivity contribution in [2.75, 3.05) is 6.54 Å². The van der Waals surface area contributed by atoms with Crippen LogP contribution in [0.15, 0.2) is 42.6 Å². The summed E-state index contributed by atoms with van der Waals surface area (Å²) < 4.78 is 5.80. The fraction of sp³-hybridized carbons (Fsp3) is 0.312. The Hall–Kier alpha value is -1.87. The number of hydrogen-bond donors (Lipinski definition) is 1. The summed E-state index contributed by atoms with van der Waals surface area (Å²) in [5.41, 5.74) is 3.38. The summed E-state index contributed by atoms with van der Waals surface area (Å²) >= 11 is 0. The van der Waals surface area contributed by atoms with Gasteiger partial charge in [0.15, 0.2) is 0 Å². The molecule has 3 nitrogen and oxygen atoms in total. The van der Waals surface area contributed by atoms with Crippen molar-refractivity contribution in [2.45, 2.75) is 27.0 Å². The lowest BCUT2D eigenvalue weighted by molar-refractivity contribution is 0.300. The van der Waals surface area contributed by atoms with Crippen LogP contribution in [0.3, 0.4) is 0 Å². The first-order chi connectivity index (χ1) is 9.29. The van der Waals surface area contributed by atoms with Crippen LogP contribution in [0.4, 0.5) is 0 Å². The molecule has 0 atom stereocenters. The van der Waals surface area contributed by atoms with E-state index in [0.29, 0.717) is 6.61 Å². The summed E-state index contributed by atoms with van der Waals surface area (Å²) in [6.07, 6.45) is 1.80. The highest BCUT2D eigenvalue weighted by Gasteiger charge is 2.01. The normalized spacial score (nSPS) is 10.4. The standard InChI is InChI=1S/C16H20N2O/c1-3-17-11-14-7-4-8-15(10-14)19-12-16-13(2)6-5-9-18-16/h4-10,17H,3,11-12H2,1-2H3. The molecule has 0 aliphatic carbocycles. The van der Waals surface area contributed by atoms with Gasteiger partial charge in [0.25, 0.3) is 0 Å². The zero-order valence-electron chi connectivity index (χ0n) is 11.5. The third-order valence-corrected chi connectivity index (χ3v) is 2.97. The van der Waals surface area contributed by atoms with Crippen molar-refractivity contribution < 1.29 is 4.74 Å². The average Bonchev–Trinajstić information content (AvgIpc) is 2.45. The highest BCUT2D eigenvalue weighted by molar-refractivity contribution is 5.29. The molecule has 2 rings (SSSR count). The van der Waals surface area contributed by atoms with Crippen LogP contribution in [0.5, 0.6) is 5.75 Å². The van der Waals surface area contributed by atoms with Crippen LogP contribution in [-0.2, 0) is 13.2 Å². The number of aryl methyl sites for hydroxylation is 1. The molecule has 100 valence electrons. The maximum atomic E-state index is 5.80. The van der Waals surface area contributed by atoms with Gasteiger partial charge < -0.3 is 10.1 Å².